The van der Waals surface area contributed by atoms with E-state index in [9.17, 15) is 22.8 Å². The molecule has 0 aromatic heterocycles. The third-order valence-corrected chi connectivity index (χ3v) is 5.71. The van der Waals surface area contributed by atoms with E-state index in [1.165, 1.54) is 30.2 Å². The molecule has 0 aliphatic carbocycles. The van der Waals surface area contributed by atoms with Gasteiger partial charge in [-0.05, 0) is 37.3 Å². The number of nitrogens with one attached hydrogen (secondary N) is 1. The molecule has 1 unspecified atom stereocenters. The van der Waals surface area contributed by atoms with Crippen LogP contribution in [0.2, 0.25) is 5.02 Å². The lowest BCUT2D eigenvalue weighted by atomic mass is 10.1. The molecule has 0 radical (unpaired) electrons. The minimum Gasteiger partial charge on any atom is -0.495 e. The number of methoxy groups -OCH3 is 1. The molecule has 172 valence electrons. The van der Waals surface area contributed by atoms with Crippen LogP contribution in [0.5, 0.6) is 5.75 Å². The molecule has 1 atom stereocenters. The van der Waals surface area contributed by atoms with Crippen LogP contribution in [-0.2, 0) is 11.0 Å². The average Bonchev–Trinajstić information content (AvgIpc) is 2.77. The number of halogens is 4. The van der Waals surface area contributed by atoms with Gasteiger partial charge in [0.15, 0.2) is 0 Å². The van der Waals surface area contributed by atoms with E-state index in [4.69, 9.17) is 16.3 Å². The molecule has 1 aliphatic rings. The first kappa shape index (κ1) is 23.9. The SMILES string of the molecule is COc1ccc(NC(=O)C(C)N2CCN(C(=O)c3ccccc3C(F)(F)F)CC2)cc1Cl. The molecule has 32 heavy (non-hydrogen) atoms. The zero-order chi connectivity index (χ0) is 23.5. The Kier molecular flexibility index (Phi) is 7.30. The Hall–Kier alpha value is -2.78. The second-order valence-corrected chi connectivity index (χ2v) is 7.79. The number of rotatable bonds is 5. The molecule has 1 aliphatic heterocycles. The molecule has 0 spiro atoms. The van der Waals surface area contributed by atoms with E-state index in [1.807, 2.05) is 4.90 Å². The van der Waals surface area contributed by atoms with Crippen molar-refractivity contribution in [2.75, 3.05) is 38.6 Å². The van der Waals surface area contributed by atoms with Gasteiger partial charge in [0.25, 0.3) is 5.91 Å². The third-order valence-electron chi connectivity index (χ3n) is 5.41. The van der Waals surface area contributed by atoms with Gasteiger partial charge in [-0.3, -0.25) is 14.5 Å². The first-order valence-corrected chi connectivity index (χ1v) is 10.3. The summed E-state index contributed by atoms with van der Waals surface area (Å²) in [5.74, 6) is -0.429. The zero-order valence-electron chi connectivity index (χ0n) is 17.6. The molecule has 1 fully saturated rings. The van der Waals surface area contributed by atoms with Crippen molar-refractivity contribution in [2.24, 2.45) is 0 Å². The van der Waals surface area contributed by atoms with E-state index in [0.29, 0.717) is 29.5 Å². The number of carbonyl (C=O) groups is 2. The Morgan fingerprint density at radius 3 is 2.34 bits per heavy atom. The van der Waals surface area contributed by atoms with Gasteiger partial charge < -0.3 is 15.0 Å². The van der Waals surface area contributed by atoms with Crippen LogP contribution in [0.15, 0.2) is 42.5 Å². The highest BCUT2D eigenvalue weighted by atomic mass is 35.5. The maximum atomic E-state index is 13.2. The number of benzene rings is 2. The quantitative estimate of drug-likeness (QED) is 0.714. The van der Waals surface area contributed by atoms with Gasteiger partial charge in [-0.2, -0.15) is 13.2 Å². The highest BCUT2D eigenvalue weighted by Crippen LogP contribution is 2.32. The maximum absolute atomic E-state index is 13.2. The van der Waals surface area contributed by atoms with E-state index in [0.717, 1.165) is 6.07 Å². The summed E-state index contributed by atoms with van der Waals surface area (Å²) in [5, 5.41) is 3.15. The van der Waals surface area contributed by atoms with Crippen molar-refractivity contribution in [3.05, 3.63) is 58.6 Å². The molecular weight excluding hydrogens is 447 g/mol. The third kappa shape index (κ3) is 5.34. The summed E-state index contributed by atoms with van der Waals surface area (Å²) in [4.78, 5) is 28.6. The topological polar surface area (TPSA) is 61.9 Å². The highest BCUT2D eigenvalue weighted by molar-refractivity contribution is 6.32. The Labute approximate surface area is 188 Å². The van der Waals surface area contributed by atoms with Gasteiger partial charge in [-0.25, -0.2) is 0 Å². The second kappa shape index (κ2) is 9.79. The molecule has 1 saturated heterocycles. The van der Waals surface area contributed by atoms with Crippen molar-refractivity contribution in [1.29, 1.82) is 0 Å². The van der Waals surface area contributed by atoms with Crippen LogP contribution < -0.4 is 10.1 Å². The van der Waals surface area contributed by atoms with Gasteiger partial charge >= 0.3 is 6.18 Å². The van der Waals surface area contributed by atoms with Crippen LogP contribution in [0.25, 0.3) is 0 Å². The van der Waals surface area contributed by atoms with Crippen molar-refractivity contribution in [1.82, 2.24) is 9.80 Å². The fourth-order valence-corrected chi connectivity index (χ4v) is 3.81. The first-order valence-electron chi connectivity index (χ1n) is 9.95. The second-order valence-electron chi connectivity index (χ2n) is 7.39. The number of nitrogens with zero attached hydrogens (tertiary/aromatic N) is 2. The molecule has 2 aromatic carbocycles. The van der Waals surface area contributed by atoms with Crippen molar-refractivity contribution < 1.29 is 27.5 Å². The smallest absolute Gasteiger partial charge is 0.417 e. The Balaban J connectivity index is 1.60. The van der Waals surface area contributed by atoms with Crippen molar-refractivity contribution in [2.45, 2.75) is 19.1 Å². The highest BCUT2D eigenvalue weighted by Gasteiger charge is 2.36. The Morgan fingerprint density at radius 2 is 1.75 bits per heavy atom. The van der Waals surface area contributed by atoms with Crippen LogP contribution in [0.1, 0.15) is 22.8 Å². The number of carbonyl (C=O) groups excluding carboxylic acids is 2. The fourth-order valence-electron chi connectivity index (χ4n) is 3.56. The zero-order valence-corrected chi connectivity index (χ0v) is 18.3. The van der Waals surface area contributed by atoms with E-state index in [2.05, 4.69) is 5.32 Å². The molecule has 1 heterocycles. The molecule has 2 amide bonds. The predicted octanol–water partition coefficient (Wildman–Crippen LogP) is 4.15. The largest absolute Gasteiger partial charge is 0.495 e. The van der Waals surface area contributed by atoms with Crippen molar-refractivity contribution in [3.8, 4) is 5.75 Å². The molecule has 0 bridgehead atoms. The number of alkyl halides is 3. The van der Waals surface area contributed by atoms with Gasteiger partial charge in [-0.15, -0.1) is 0 Å². The van der Waals surface area contributed by atoms with Crippen molar-refractivity contribution >= 4 is 29.1 Å². The predicted molar refractivity (Wildman–Crippen MR) is 115 cm³/mol. The number of anilines is 1. The number of hydrogen-bond acceptors (Lipinski definition) is 4. The summed E-state index contributed by atoms with van der Waals surface area (Å²) < 4.78 is 44.8. The molecular formula is C22H23ClF3N3O3. The molecule has 0 saturated carbocycles. The van der Waals surface area contributed by atoms with E-state index in [-0.39, 0.29) is 24.6 Å². The minimum atomic E-state index is -4.61. The molecule has 3 rings (SSSR count). The maximum Gasteiger partial charge on any atom is 0.417 e. The van der Waals surface area contributed by atoms with Gasteiger partial charge in [0, 0.05) is 31.9 Å². The van der Waals surface area contributed by atoms with E-state index < -0.39 is 23.7 Å². The first-order chi connectivity index (χ1) is 15.1. The average molecular weight is 470 g/mol. The molecule has 10 heteroatoms. The lowest BCUT2D eigenvalue weighted by Gasteiger charge is -2.37. The summed E-state index contributed by atoms with van der Waals surface area (Å²) in [5.41, 5.74) is -0.792. The van der Waals surface area contributed by atoms with Crippen LogP contribution in [-0.4, -0.2) is 60.9 Å². The Bertz CT molecular complexity index is 992. The lowest BCUT2D eigenvalue weighted by molar-refractivity contribution is -0.138. The minimum absolute atomic E-state index is 0.219. The molecule has 2 aromatic rings. The summed E-state index contributed by atoms with van der Waals surface area (Å²) in [6, 6.07) is 9.16. The van der Waals surface area contributed by atoms with Gasteiger partial charge in [0.05, 0.1) is 29.3 Å². The lowest BCUT2D eigenvalue weighted by Crippen LogP contribution is -2.54. The Morgan fingerprint density at radius 1 is 1.09 bits per heavy atom. The van der Waals surface area contributed by atoms with Gasteiger partial charge in [0.1, 0.15) is 5.75 Å². The van der Waals surface area contributed by atoms with E-state index in [1.54, 1.807) is 25.1 Å². The summed E-state index contributed by atoms with van der Waals surface area (Å²) in [6.45, 7) is 2.89. The van der Waals surface area contributed by atoms with Crippen LogP contribution >= 0.6 is 11.6 Å². The van der Waals surface area contributed by atoms with Gasteiger partial charge in [-0.1, -0.05) is 23.7 Å². The number of amides is 2. The van der Waals surface area contributed by atoms with Crippen LogP contribution in [0.3, 0.4) is 0 Å². The molecule has 6 nitrogen and oxygen atoms in total. The van der Waals surface area contributed by atoms with Gasteiger partial charge in [0.2, 0.25) is 5.91 Å². The summed E-state index contributed by atoms with van der Waals surface area (Å²) >= 11 is 6.08. The summed E-state index contributed by atoms with van der Waals surface area (Å²) in [7, 11) is 1.49. The van der Waals surface area contributed by atoms with E-state index >= 15 is 0 Å². The standard InChI is InChI=1S/C22H23ClF3N3O3/c1-14(20(30)27-15-7-8-19(32-2)18(23)13-15)28-9-11-29(12-10-28)21(31)16-5-3-4-6-17(16)22(24,25)26/h3-8,13-14H,9-12H2,1-2H3,(H,27,30). The number of piperazine rings is 1. The number of hydrogen-bond donors (Lipinski definition) is 1. The van der Waals surface area contributed by atoms with Crippen LogP contribution in [0.4, 0.5) is 18.9 Å². The van der Waals surface area contributed by atoms with Crippen molar-refractivity contribution in [3.63, 3.8) is 0 Å². The normalized spacial score (nSPS) is 15.9. The summed E-state index contributed by atoms with van der Waals surface area (Å²) in [6.07, 6.45) is -4.61. The molecule has 1 N–H and O–H groups in total. The fraction of sp³-hybridized carbons (Fsp3) is 0.364. The number of ether oxygens (including phenoxy) is 1. The van der Waals surface area contributed by atoms with Crippen LogP contribution in [0, 0.1) is 0 Å². The monoisotopic (exact) mass is 469 g/mol.